The molecule has 5 nitrogen and oxygen atoms in total. The third-order valence-corrected chi connectivity index (χ3v) is 4.68. The van der Waals surface area contributed by atoms with Crippen molar-refractivity contribution >= 4 is 53.1 Å². The molecule has 2 N–H and O–H groups in total. The van der Waals surface area contributed by atoms with E-state index in [1.54, 1.807) is 13.1 Å². The molecule has 0 aliphatic rings. The number of imidazole rings is 1. The Balaban J connectivity index is 0.00000280. The lowest BCUT2D eigenvalue weighted by atomic mass is 10.2. The van der Waals surface area contributed by atoms with Gasteiger partial charge in [-0.2, -0.15) is 0 Å². The minimum atomic E-state index is 0. The van der Waals surface area contributed by atoms with Crippen molar-refractivity contribution in [1.82, 2.24) is 20.2 Å². The molecule has 1 heterocycles. The van der Waals surface area contributed by atoms with E-state index >= 15 is 0 Å². The van der Waals surface area contributed by atoms with E-state index in [2.05, 4.69) is 37.3 Å². The average Bonchev–Trinajstić information content (AvgIpc) is 3.11. The highest BCUT2D eigenvalue weighted by Gasteiger charge is 2.06. The van der Waals surface area contributed by atoms with E-state index in [0.29, 0.717) is 29.1 Å². The topological polar surface area (TPSA) is 54.2 Å². The molecule has 8 heteroatoms. The zero-order valence-corrected chi connectivity index (χ0v) is 19.2. The fraction of sp³-hybridized carbons (Fsp3) is 0.200. The van der Waals surface area contributed by atoms with Gasteiger partial charge in [-0.25, -0.2) is 4.98 Å². The fourth-order valence-corrected chi connectivity index (χ4v) is 3.13. The number of guanidine groups is 1. The highest BCUT2D eigenvalue weighted by Crippen LogP contribution is 2.20. The third kappa shape index (κ3) is 6.39. The van der Waals surface area contributed by atoms with Gasteiger partial charge < -0.3 is 15.2 Å². The summed E-state index contributed by atoms with van der Waals surface area (Å²) in [5.41, 5.74) is 2.19. The van der Waals surface area contributed by atoms with E-state index in [4.69, 9.17) is 23.2 Å². The molecule has 0 saturated heterocycles. The van der Waals surface area contributed by atoms with Crippen molar-refractivity contribution in [2.45, 2.75) is 19.6 Å². The molecular formula is C20H22Cl2IN5. The quantitative estimate of drug-likeness (QED) is 0.276. The Kier molecular flexibility index (Phi) is 9.08. The summed E-state index contributed by atoms with van der Waals surface area (Å²) in [5.74, 6) is 1.61. The smallest absolute Gasteiger partial charge is 0.191 e. The first kappa shape index (κ1) is 22.5. The van der Waals surface area contributed by atoms with Gasteiger partial charge in [-0.15, -0.1) is 24.0 Å². The first-order valence-electron chi connectivity index (χ1n) is 8.58. The Morgan fingerprint density at radius 2 is 1.82 bits per heavy atom. The zero-order valence-electron chi connectivity index (χ0n) is 15.4. The van der Waals surface area contributed by atoms with Crippen LogP contribution in [-0.4, -0.2) is 22.6 Å². The lowest BCUT2D eigenvalue weighted by Crippen LogP contribution is -2.37. The second-order valence-electron chi connectivity index (χ2n) is 5.97. The predicted octanol–water partition coefficient (Wildman–Crippen LogP) is 4.72. The minimum Gasteiger partial charge on any atom is -0.352 e. The third-order valence-electron chi connectivity index (χ3n) is 4.10. The average molecular weight is 530 g/mol. The van der Waals surface area contributed by atoms with Gasteiger partial charge in [-0.1, -0.05) is 59.6 Å². The summed E-state index contributed by atoms with van der Waals surface area (Å²) in [7, 11) is 1.73. The Morgan fingerprint density at radius 1 is 1.07 bits per heavy atom. The highest BCUT2D eigenvalue weighted by atomic mass is 127. The van der Waals surface area contributed by atoms with E-state index < -0.39 is 0 Å². The molecule has 0 fully saturated rings. The maximum atomic E-state index is 6.21. The van der Waals surface area contributed by atoms with Crippen LogP contribution in [0.1, 0.15) is 17.0 Å². The van der Waals surface area contributed by atoms with Crippen LogP contribution in [0.5, 0.6) is 0 Å². The zero-order chi connectivity index (χ0) is 19.1. The molecule has 0 aliphatic carbocycles. The molecule has 28 heavy (non-hydrogen) atoms. The molecule has 0 atom stereocenters. The van der Waals surface area contributed by atoms with Crippen molar-refractivity contribution in [1.29, 1.82) is 0 Å². The van der Waals surface area contributed by atoms with Crippen LogP contribution in [0.2, 0.25) is 10.0 Å². The summed E-state index contributed by atoms with van der Waals surface area (Å²) >= 11 is 12.2. The van der Waals surface area contributed by atoms with Crippen LogP contribution < -0.4 is 10.6 Å². The summed E-state index contributed by atoms with van der Waals surface area (Å²) in [6, 6.07) is 15.8. The summed E-state index contributed by atoms with van der Waals surface area (Å²) in [5, 5.41) is 7.79. The van der Waals surface area contributed by atoms with Crippen LogP contribution in [0.4, 0.5) is 0 Å². The van der Waals surface area contributed by atoms with Gasteiger partial charge in [0.1, 0.15) is 5.82 Å². The monoisotopic (exact) mass is 529 g/mol. The standard InChI is InChI=1S/C20H21Cl2N5.HI/c1-23-20(25-12-16-7-8-17(21)11-18(16)22)26-13-19-24-9-10-27(19)14-15-5-3-2-4-6-15;/h2-11H,12-14H2,1H3,(H2,23,25,26);1H. The molecule has 0 bridgehead atoms. The summed E-state index contributed by atoms with van der Waals surface area (Å²) in [6.07, 6.45) is 3.79. The lowest BCUT2D eigenvalue weighted by Gasteiger charge is -2.14. The van der Waals surface area contributed by atoms with Gasteiger partial charge in [0.25, 0.3) is 0 Å². The molecule has 2 aromatic carbocycles. The first-order valence-corrected chi connectivity index (χ1v) is 9.33. The molecule has 3 aromatic rings. The molecule has 148 valence electrons. The van der Waals surface area contributed by atoms with Crippen molar-refractivity contribution in [2.75, 3.05) is 7.05 Å². The Bertz CT molecular complexity index is 912. The Morgan fingerprint density at radius 3 is 2.54 bits per heavy atom. The molecule has 0 aliphatic heterocycles. The van der Waals surface area contributed by atoms with Crippen LogP contribution in [0.25, 0.3) is 0 Å². The van der Waals surface area contributed by atoms with Crippen LogP contribution in [0.15, 0.2) is 65.9 Å². The molecule has 0 saturated carbocycles. The van der Waals surface area contributed by atoms with Gasteiger partial charge >= 0.3 is 0 Å². The number of hydrogen-bond acceptors (Lipinski definition) is 2. The van der Waals surface area contributed by atoms with Gasteiger partial charge in [-0.05, 0) is 23.3 Å². The lowest BCUT2D eigenvalue weighted by molar-refractivity contribution is 0.688. The summed E-state index contributed by atoms with van der Waals surface area (Å²) < 4.78 is 2.12. The predicted molar refractivity (Wildman–Crippen MR) is 127 cm³/mol. The fourth-order valence-electron chi connectivity index (χ4n) is 2.66. The van der Waals surface area contributed by atoms with Gasteiger partial charge in [0.05, 0.1) is 6.54 Å². The second-order valence-corrected chi connectivity index (χ2v) is 6.82. The molecule has 0 unspecified atom stereocenters. The van der Waals surface area contributed by atoms with E-state index in [0.717, 1.165) is 17.9 Å². The Labute approximate surface area is 192 Å². The van der Waals surface area contributed by atoms with Gasteiger partial charge in [0.2, 0.25) is 0 Å². The van der Waals surface area contributed by atoms with E-state index in [1.807, 2.05) is 42.7 Å². The first-order chi connectivity index (χ1) is 13.2. The Hall–Kier alpha value is -1.77. The number of rotatable bonds is 6. The molecular weight excluding hydrogens is 508 g/mol. The number of benzene rings is 2. The SMILES string of the molecule is CN=C(NCc1ccc(Cl)cc1Cl)NCc1nccn1Cc1ccccc1.I. The maximum Gasteiger partial charge on any atom is 0.191 e. The van der Waals surface area contributed by atoms with Crippen molar-refractivity contribution in [3.63, 3.8) is 0 Å². The summed E-state index contributed by atoms with van der Waals surface area (Å²) in [4.78, 5) is 8.69. The van der Waals surface area contributed by atoms with Crippen LogP contribution in [0, 0.1) is 0 Å². The molecule has 1 aromatic heterocycles. The maximum absolute atomic E-state index is 6.21. The van der Waals surface area contributed by atoms with Crippen molar-refractivity contribution in [3.8, 4) is 0 Å². The number of aromatic nitrogens is 2. The number of hydrogen-bond donors (Lipinski definition) is 2. The van der Waals surface area contributed by atoms with Crippen molar-refractivity contribution < 1.29 is 0 Å². The second kappa shape index (κ2) is 11.3. The molecule has 0 radical (unpaired) electrons. The molecule has 3 rings (SSSR count). The van der Waals surface area contributed by atoms with Crippen LogP contribution in [0.3, 0.4) is 0 Å². The summed E-state index contributed by atoms with van der Waals surface area (Å²) in [6.45, 7) is 1.90. The number of halogens is 3. The molecule has 0 spiro atoms. The number of aliphatic imine (C=N–C) groups is 1. The minimum absolute atomic E-state index is 0. The van der Waals surface area contributed by atoms with Crippen LogP contribution >= 0.6 is 47.2 Å². The normalized spacial score (nSPS) is 11.0. The van der Waals surface area contributed by atoms with E-state index in [9.17, 15) is 0 Å². The van der Waals surface area contributed by atoms with Gasteiger partial charge in [0.15, 0.2) is 5.96 Å². The largest absolute Gasteiger partial charge is 0.352 e. The molecule has 0 amide bonds. The van der Waals surface area contributed by atoms with E-state index in [-0.39, 0.29) is 24.0 Å². The van der Waals surface area contributed by atoms with Gasteiger partial charge in [-0.3, -0.25) is 4.99 Å². The number of nitrogens with zero attached hydrogens (tertiary/aromatic N) is 3. The van der Waals surface area contributed by atoms with E-state index in [1.165, 1.54) is 5.56 Å². The van der Waals surface area contributed by atoms with Crippen molar-refractivity contribution in [2.24, 2.45) is 4.99 Å². The van der Waals surface area contributed by atoms with Crippen LogP contribution in [-0.2, 0) is 19.6 Å². The van der Waals surface area contributed by atoms with Gasteiger partial charge in [0, 0.05) is 42.6 Å². The van der Waals surface area contributed by atoms with Crippen molar-refractivity contribution in [3.05, 3.63) is 87.9 Å². The number of nitrogens with one attached hydrogen (secondary N) is 2. The highest BCUT2D eigenvalue weighted by molar-refractivity contribution is 14.0.